The van der Waals surface area contributed by atoms with Crippen molar-refractivity contribution in [3.05, 3.63) is 77.6 Å². The molecule has 30 heavy (non-hydrogen) atoms. The van der Waals surface area contributed by atoms with Gasteiger partial charge >= 0.3 is 0 Å². The van der Waals surface area contributed by atoms with E-state index in [1.807, 2.05) is 6.20 Å². The number of aromatic nitrogens is 3. The summed E-state index contributed by atoms with van der Waals surface area (Å²) in [6, 6.07) is 19.3. The molecule has 6 rings (SSSR count). The van der Waals surface area contributed by atoms with Crippen LogP contribution in [0.3, 0.4) is 0 Å². The number of hydrogen-bond donors (Lipinski definition) is 1. The van der Waals surface area contributed by atoms with E-state index in [-0.39, 0.29) is 0 Å². The van der Waals surface area contributed by atoms with Crippen LogP contribution in [0.2, 0.25) is 0 Å². The van der Waals surface area contributed by atoms with Gasteiger partial charge in [-0.15, -0.1) is 0 Å². The van der Waals surface area contributed by atoms with Crippen LogP contribution in [0.15, 0.2) is 60.8 Å². The van der Waals surface area contributed by atoms with Gasteiger partial charge in [-0.2, -0.15) is 5.10 Å². The molecular weight excluding hydrogens is 370 g/mol. The van der Waals surface area contributed by atoms with Gasteiger partial charge in [0.05, 0.1) is 11.4 Å². The van der Waals surface area contributed by atoms with Crippen molar-refractivity contribution in [2.45, 2.75) is 19.4 Å². The molecule has 1 aliphatic carbocycles. The smallest absolute Gasteiger partial charge is 0.129 e. The molecule has 0 saturated carbocycles. The predicted molar refractivity (Wildman–Crippen MR) is 121 cm³/mol. The van der Waals surface area contributed by atoms with E-state index in [9.17, 15) is 0 Å². The van der Waals surface area contributed by atoms with Crippen LogP contribution in [0, 0.1) is 0 Å². The first kappa shape index (κ1) is 17.7. The van der Waals surface area contributed by atoms with Crippen molar-refractivity contribution in [3.8, 4) is 11.3 Å². The second kappa shape index (κ2) is 7.26. The molecule has 0 atom stereocenters. The van der Waals surface area contributed by atoms with Crippen molar-refractivity contribution >= 4 is 16.6 Å². The van der Waals surface area contributed by atoms with E-state index >= 15 is 0 Å². The van der Waals surface area contributed by atoms with Crippen LogP contribution in [0.5, 0.6) is 0 Å². The summed E-state index contributed by atoms with van der Waals surface area (Å²) in [4.78, 5) is 9.64. The standard InChI is InChI=1S/C25H25N5/c1-2-7-20-16-26-24(15-19(20)6-1)30-13-11-29(12-14-30)17-23-22-10-9-18-5-3-4-8-21(18)25(22)28-27-23/h1-8,15-16H,9-14,17H2,(H,27,28). The molecule has 4 aromatic rings. The maximum absolute atomic E-state index is 4.70. The Balaban J connectivity index is 1.15. The van der Waals surface area contributed by atoms with Crippen molar-refractivity contribution in [2.24, 2.45) is 0 Å². The van der Waals surface area contributed by atoms with Gasteiger partial charge in [0.2, 0.25) is 0 Å². The number of pyridine rings is 1. The summed E-state index contributed by atoms with van der Waals surface area (Å²) in [5.41, 5.74) is 6.57. The number of nitrogens with zero attached hydrogens (tertiary/aromatic N) is 4. The quantitative estimate of drug-likeness (QED) is 0.569. The Hall–Kier alpha value is -3.18. The van der Waals surface area contributed by atoms with Gasteiger partial charge < -0.3 is 4.90 Å². The SMILES string of the molecule is c1ccc2c(c1)CCc1c-2n[nH]c1CN1CCN(c2cc3ccccc3cn2)CC1. The first-order chi connectivity index (χ1) is 14.8. The van der Waals surface area contributed by atoms with Gasteiger partial charge in [-0.1, -0.05) is 48.5 Å². The number of H-pyrrole nitrogens is 1. The highest BCUT2D eigenvalue weighted by atomic mass is 15.3. The lowest BCUT2D eigenvalue weighted by Gasteiger charge is -2.35. The summed E-state index contributed by atoms with van der Waals surface area (Å²) in [7, 11) is 0. The minimum absolute atomic E-state index is 0.948. The largest absolute Gasteiger partial charge is 0.354 e. The number of hydrogen-bond acceptors (Lipinski definition) is 4. The molecule has 1 aliphatic heterocycles. The maximum atomic E-state index is 4.70. The number of nitrogens with one attached hydrogen (secondary N) is 1. The van der Waals surface area contributed by atoms with Gasteiger partial charge in [0.15, 0.2) is 0 Å². The third kappa shape index (κ3) is 3.06. The minimum Gasteiger partial charge on any atom is -0.354 e. The number of rotatable bonds is 3. The monoisotopic (exact) mass is 395 g/mol. The summed E-state index contributed by atoms with van der Waals surface area (Å²) in [5, 5.41) is 10.5. The molecule has 0 unspecified atom stereocenters. The molecule has 2 aromatic carbocycles. The highest BCUT2D eigenvalue weighted by Crippen LogP contribution is 2.33. The van der Waals surface area contributed by atoms with Crippen LogP contribution in [0.1, 0.15) is 16.8 Å². The number of aromatic amines is 1. The second-order valence-corrected chi connectivity index (χ2v) is 8.34. The first-order valence-electron chi connectivity index (χ1n) is 10.8. The summed E-state index contributed by atoms with van der Waals surface area (Å²) in [5.74, 6) is 1.09. The van der Waals surface area contributed by atoms with E-state index < -0.39 is 0 Å². The molecule has 0 amide bonds. The molecule has 0 spiro atoms. The molecule has 3 heterocycles. The van der Waals surface area contributed by atoms with Gasteiger partial charge in [-0.05, 0) is 29.9 Å². The van der Waals surface area contributed by atoms with Crippen molar-refractivity contribution in [3.63, 3.8) is 0 Å². The number of fused-ring (bicyclic) bond motifs is 4. The van der Waals surface area contributed by atoms with Crippen molar-refractivity contribution < 1.29 is 0 Å². The molecule has 1 N–H and O–H groups in total. The van der Waals surface area contributed by atoms with Crippen molar-refractivity contribution in [2.75, 3.05) is 31.1 Å². The molecule has 2 aliphatic rings. The van der Waals surface area contributed by atoms with Crippen LogP contribution in [0.25, 0.3) is 22.0 Å². The maximum Gasteiger partial charge on any atom is 0.129 e. The fourth-order valence-electron chi connectivity index (χ4n) is 4.86. The number of aryl methyl sites for hydroxylation is 1. The number of benzene rings is 2. The predicted octanol–water partition coefficient (Wildman–Crippen LogP) is 4.05. The average molecular weight is 396 g/mol. The Morgan fingerprint density at radius 2 is 1.67 bits per heavy atom. The van der Waals surface area contributed by atoms with Gasteiger partial charge in [0.1, 0.15) is 5.82 Å². The second-order valence-electron chi connectivity index (χ2n) is 8.34. The lowest BCUT2D eigenvalue weighted by molar-refractivity contribution is 0.246. The molecule has 150 valence electrons. The Bertz CT molecular complexity index is 1200. The average Bonchev–Trinajstić information content (AvgIpc) is 3.22. The van der Waals surface area contributed by atoms with Gasteiger partial charge in [-0.3, -0.25) is 10.00 Å². The minimum atomic E-state index is 0.948. The summed E-state index contributed by atoms with van der Waals surface area (Å²) >= 11 is 0. The molecule has 2 aromatic heterocycles. The summed E-state index contributed by atoms with van der Waals surface area (Å²) < 4.78 is 0. The lowest BCUT2D eigenvalue weighted by atomic mass is 9.89. The Kier molecular flexibility index (Phi) is 4.27. The van der Waals surface area contributed by atoms with E-state index in [1.165, 1.54) is 33.2 Å². The van der Waals surface area contributed by atoms with Crippen LogP contribution in [0.4, 0.5) is 5.82 Å². The molecular formula is C25H25N5. The van der Waals surface area contributed by atoms with E-state index in [1.54, 1.807) is 0 Å². The van der Waals surface area contributed by atoms with Gasteiger partial charge in [0, 0.05) is 55.4 Å². The molecule has 1 fully saturated rings. The first-order valence-corrected chi connectivity index (χ1v) is 10.8. The van der Waals surface area contributed by atoms with Crippen LogP contribution in [-0.4, -0.2) is 46.3 Å². The molecule has 0 radical (unpaired) electrons. The Morgan fingerprint density at radius 1 is 0.867 bits per heavy atom. The van der Waals surface area contributed by atoms with Crippen molar-refractivity contribution in [1.82, 2.24) is 20.1 Å². The van der Waals surface area contributed by atoms with E-state index in [2.05, 4.69) is 74.6 Å². The zero-order valence-electron chi connectivity index (χ0n) is 17.0. The Labute approximate surface area is 176 Å². The summed E-state index contributed by atoms with van der Waals surface area (Å²) in [6.07, 6.45) is 4.18. The topological polar surface area (TPSA) is 48.1 Å². The van der Waals surface area contributed by atoms with Gasteiger partial charge in [-0.25, -0.2) is 4.98 Å². The number of piperazine rings is 1. The Morgan fingerprint density at radius 3 is 2.57 bits per heavy atom. The zero-order valence-corrected chi connectivity index (χ0v) is 17.0. The van der Waals surface area contributed by atoms with Gasteiger partial charge in [0.25, 0.3) is 0 Å². The normalized spacial score (nSPS) is 16.5. The third-order valence-electron chi connectivity index (χ3n) is 6.56. The number of anilines is 1. The van der Waals surface area contributed by atoms with Crippen LogP contribution in [-0.2, 0) is 19.4 Å². The third-order valence-corrected chi connectivity index (χ3v) is 6.56. The van der Waals surface area contributed by atoms with Crippen molar-refractivity contribution in [1.29, 1.82) is 0 Å². The fraction of sp³-hybridized carbons (Fsp3) is 0.280. The molecule has 1 saturated heterocycles. The molecule has 5 nitrogen and oxygen atoms in total. The van der Waals surface area contributed by atoms with Crippen LogP contribution < -0.4 is 4.90 Å². The summed E-state index contributed by atoms with van der Waals surface area (Å²) in [6.45, 7) is 5.04. The highest BCUT2D eigenvalue weighted by molar-refractivity contribution is 5.83. The van der Waals surface area contributed by atoms with E-state index in [0.29, 0.717) is 0 Å². The lowest BCUT2D eigenvalue weighted by Crippen LogP contribution is -2.46. The fourth-order valence-corrected chi connectivity index (χ4v) is 4.86. The van der Waals surface area contributed by atoms with Crippen LogP contribution >= 0.6 is 0 Å². The highest BCUT2D eigenvalue weighted by Gasteiger charge is 2.24. The molecule has 5 heteroatoms. The van der Waals surface area contributed by atoms with E-state index in [4.69, 9.17) is 4.98 Å². The zero-order chi connectivity index (χ0) is 19.9. The van der Waals surface area contributed by atoms with E-state index in [0.717, 1.165) is 57.1 Å². The molecule has 0 bridgehead atoms.